The number of likely N-dealkylation sites (N-methyl/N-ethyl adjacent to an activating group) is 2. The molecule has 0 aromatic carbocycles. The third kappa shape index (κ3) is 4.97. The van der Waals surface area contributed by atoms with Gasteiger partial charge in [0.05, 0.1) is 6.54 Å². The molecule has 0 radical (unpaired) electrons. The van der Waals surface area contributed by atoms with Crippen molar-refractivity contribution >= 4 is 29.1 Å². The van der Waals surface area contributed by atoms with E-state index in [1.165, 1.54) is 0 Å². The van der Waals surface area contributed by atoms with E-state index in [0.29, 0.717) is 23.3 Å². The van der Waals surface area contributed by atoms with Crippen molar-refractivity contribution in [3.05, 3.63) is 28.0 Å². The van der Waals surface area contributed by atoms with E-state index >= 15 is 0 Å². The summed E-state index contributed by atoms with van der Waals surface area (Å²) in [5, 5.41) is 0.942. The summed E-state index contributed by atoms with van der Waals surface area (Å²) in [5.41, 5.74) is 0.862. The van der Waals surface area contributed by atoms with Gasteiger partial charge in [0.25, 0.3) is 0 Å². The molecule has 1 heterocycles. The van der Waals surface area contributed by atoms with Crippen LogP contribution < -0.4 is 0 Å². The van der Waals surface area contributed by atoms with Crippen molar-refractivity contribution in [2.45, 2.75) is 20.4 Å². The fourth-order valence-corrected chi connectivity index (χ4v) is 2.23. The number of nitrogens with zero attached hydrogens (tertiary/aromatic N) is 3. The number of amides is 1. The highest BCUT2D eigenvalue weighted by Crippen LogP contribution is 2.19. The molecule has 6 heteroatoms. The molecule has 0 aliphatic rings. The normalized spacial score (nSPS) is 10.8. The molecule has 0 saturated heterocycles. The monoisotopic (exact) mass is 303 g/mol. The lowest BCUT2D eigenvalue weighted by atomic mass is 10.2. The van der Waals surface area contributed by atoms with Gasteiger partial charge in [-0.15, -0.1) is 0 Å². The molecule has 1 rings (SSSR count). The second-order valence-corrected chi connectivity index (χ2v) is 5.13. The Labute approximate surface area is 124 Å². The van der Waals surface area contributed by atoms with Crippen molar-refractivity contribution in [2.24, 2.45) is 0 Å². The number of halogens is 2. The number of carbonyl (C=O) groups excluding carboxylic acids is 1. The van der Waals surface area contributed by atoms with Gasteiger partial charge in [0.2, 0.25) is 5.91 Å². The number of carbonyl (C=O) groups is 1. The highest BCUT2D eigenvalue weighted by atomic mass is 35.5. The van der Waals surface area contributed by atoms with E-state index in [1.807, 2.05) is 25.8 Å². The maximum Gasteiger partial charge on any atom is 0.236 e. The Morgan fingerprint density at radius 1 is 1.32 bits per heavy atom. The molecular formula is C13H19Cl2N3O. The van der Waals surface area contributed by atoms with Gasteiger partial charge in [0.1, 0.15) is 5.15 Å². The molecule has 0 bridgehead atoms. The summed E-state index contributed by atoms with van der Waals surface area (Å²) in [6, 6.07) is 1.61. The molecule has 0 N–H and O–H groups in total. The molecular weight excluding hydrogens is 285 g/mol. The first-order valence-electron chi connectivity index (χ1n) is 6.24. The molecule has 0 aliphatic carbocycles. The lowest BCUT2D eigenvalue weighted by molar-refractivity contribution is -0.131. The molecule has 0 saturated carbocycles. The predicted octanol–water partition coefficient (Wildman–Crippen LogP) is 2.69. The average molecular weight is 304 g/mol. The summed E-state index contributed by atoms with van der Waals surface area (Å²) >= 11 is 11.8. The van der Waals surface area contributed by atoms with Crippen molar-refractivity contribution in [1.29, 1.82) is 0 Å². The lowest BCUT2D eigenvalue weighted by Crippen LogP contribution is -2.38. The third-order valence-electron chi connectivity index (χ3n) is 2.86. The molecule has 1 aromatic rings. The second-order valence-electron chi connectivity index (χ2n) is 4.34. The molecule has 0 spiro atoms. The van der Waals surface area contributed by atoms with Gasteiger partial charge < -0.3 is 4.90 Å². The first kappa shape index (κ1) is 16.2. The second kappa shape index (κ2) is 7.68. The van der Waals surface area contributed by atoms with Gasteiger partial charge in [-0.3, -0.25) is 9.69 Å². The van der Waals surface area contributed by atoms with Gasteiger partial charge in [0, 0.05) is 36.4 Å². The van der Waals surface area contributed by atoms with Crippen molar-refractivity contribution in [3.63, 3.8) is 0 Å². The Morgan fingerprint density at radius 2 is 1.95 bits per heavy atom. The van der Waals surface area contributed by atoms with Crippen molar-refractivity contribution < 1.29 is 4.79 Å². The van der Waals surface area contributed by atoms with Crippen LogP contribution in [0.15, 0.2) is 12.3 Å². The number of pyridine rings is 1. The highest BCUT2D eigenvalue weighted by Gasteiger charge is 2.13. The Morgan fingerprint density at radius 3 is 2.47 bits per heavy atom. The topological polar surface area (TPSA) is 36.4 Å². The summed E-state index contributed by atoms with van der Waals surface area (Å²) < 4.78 is 0. The molecule has 1 aromatic heterocycles. The first-order valence-corrected chi connectivity index (χ1v) is 6.99. The largest absolute Gasteiger partial charge is 0.342 e. The van der Waals surface area contributed by atoms with E-state index < -0.39 is 0 Å². The van der Waals surface area contributed by atoms with Crippen LogP contribution in [0.4, 0.5) is 0 Å². The summed E-state index contributed by atoms with van der Waals surface area (Å²) in [5.74, 6) is 0.116. The van der Waals surface area contributed by atoms with Crippen LogP contribution in [-0.2, 0) is 11.3 Å². The number of rotatable bonds is 6. The zero-order valence-electron chi connectivity index (χ0n) is 11.5. The van der Waals surface area contributed by atoms with Gasteiger partial charge in [-0.25, -0.2) is 4.98 Å². The van der Waals surface area contributed by atoms with Crippen LogP contribution in [0, 0.1) is 0 Å². The number of aromatic nitrogens is 1. The zero-order valence-corrected chi connectivity index (χ0v) is 13.0. The van der Waals surface area contributed by atoms with E-state index in [-0.39, 0.29) is 5.91 Å². The van der Waals surface area contributed by atoms with Crippen LogP contribution in [0.5, 0.6) is 0 Å². The highest BCUT2D eigenvalue weighted by molar-refractivity contribution is 6.34. The van der Waals surface area contributed by atoms with Gasteiger partial charge in [-0.05, 0) is 27.0 Å². The van der Waals surface area contributed by atoms with E-state index in [2.05, 4.69) is 4.98 Å². The minimum absolute atomic E-state index is 0.116. The summed E-state index contributed by atoms with van der Waals surface area (Å²) in [7, 11) is 1.88. The smallest absolute Gasteiger partial charge is 0.236 e. The van der Waals surface area contributed by atoms with Crippen molar-refractivity contribution in [2.75, 3.05) is 26.7 Å². The fraction of sp³-hybridized carbons (Fsp3) is 0.538. The molecule has 19 heavy (non-hydrogen) atoms. The zero-order chi connectivity index (χ0) is 14.4. The molecule has 1 amide bonds. The summed E-state index contributed by atoms with van der Waals surface area (Å²) in [6.07, 6.45) is 1.64. The average Bonchev–Trinajstić information content (AvgIpc) is 2.34. The Bertz CT molecular complexity index is 436. The van der Waals surface area contributed by atoms with E-state index in [1.54, 1.807) is 17.2 Å². The Hall–Kier alpha value is -0.840. The quantitative estimate of drug-likeness (QED) is 0.758. The van der Waals surface area contributed by atoms with Crippen molar-refractivity contribution in [1.82, 2.24) is 14.8 Å². The minimum Gasteiger partial charge on any atom is -0.342 e. The van der Waals surface area contributed by atoms with Gasteiger partial charge >= 0.3 is 0 Å². The Kier molecular flexibility index (Phi) is 6.55. The SMILES string of the molecule is CCN(CC)C(=O)CN(C)Cc1cnc(Cl)cc1Cl. The molecule has 106 valence electrons. The maximum atomic E-state index is 12.0. The van der Waals surface area contributed by atoms with Crippen LogP contribution in [-0.4, -0.2) is 47.4 Å². The van der Waals surface area contributed by atoms with Crippen LogP contribution in [0.3, 0.4) is 0 Å². The molecule has 0 aliphatic heterocycles. The first-order chi connectivity index (χ1) is 8.97. The Balaban J connectivity index is 2.60. The minimum atomic E-state index is 0.116. The van der Waals surface area contributed by atoms with E-state index in [9.17, 15) is 4.79 Å². The molecule has 0 unspecified atom stereocenters. The maximum absolute atomic E-state index is 12.0. The number of hydrogen-bond donors (Lipinski definition) is 0. The summed E-state index contributed by atoms with van der Waals surface area (Å²) in [6.45, 7) is 6.33. The lowest BCUT2D eigenvalue weighted by Gasteiger charge is -2.23. The van der Waals surface area contributed by atoms with Crippen LogP contribution in [0.25, 0.3) is 0 Å². The van der Waals surface area contributed by atoms with Gasteiger partial charge in [-0.2, -0.15) is 0 Å². The molecule has 0 atom stereocenters. The standard InChI is InChI=1S/C13H19Cl2N3O/c1-4-18(5-2)13(19)9-17(3)8-10-7-16-12(15)6-11(10)14/h6-7H,4-5,8-9H2,1-3H3. The number of hydrogen-bond acceptors (Lipinski definition) is 3. The predicted molar refractivity (Wildman–Crippen MR) is 78.5 cm³/mol. The molecule has 0 fully saturated rings. The van der Waals surface area contributed by atoms with E-state index in [4.69, 9.17) is 23.2 Å². The van der Waals surface area contributed by atoms with Crippen LogP contribution in [0.2, 0.25) is 10.2 Å². The van der Waals surface area contributed by atoms with Crippen LogP contribution in [0.1, 0.15) is 19.4 Å². The van der Waals surface area contributed by atoms with E-state index in [0.717, 1.165) is 18.7 Å². The van der Waals surface area contributed by atoms with Crippen molar-refractivity contribution in [3.8, 4) is 0 Å². The summed E-state index contributed by atoms with van der Waals surface area (Å²) in [4.78, 5) is 19.7. The van der Waals surface area contributed by atoms with Gasteiger partial charge in [0.15, 0.2) is 0 Å². The van der Waals surface area contributed by atoms with Crippen LogP contribution >= 0.6 is 23.2 Å². The molecule has 4 nitrogen and oxygen atoms in total. The fourth-order valence-electron chi connectivity index (χ4n) is 1.81. The third-order valence-corrected chi connectivity index (χ3v) is 3.42. The van der Waals surface area contributed by atoms with Gasteiger partial charge in [-0.1, -0.05) is 23.2 Å².